The molecule has 0 saturated heterocycles. The highest BCUT2D eigenvalue weighted by Gasteiger charge is 2.43. The summed E-state index contributed by atoms with van der Waals surface area (Å²) >= 11 is 0. The van der Waals surface area contributed by atoms with Gasteiger partial charge in [0.05, 0.1) is 29.4 Å². The molecule has 0 fully saturated rings. The zero-order chi connectivity index (χ0) is 83.4. The van der Waals surface area contributed by atoms with Gasteiger partial charge < -0.3 is 14.7 Å². The van der Waals surface area contributed by atoms with E-state index in [9.17, 15) is 39.6 Å². The van der Waals surface area contributed by atoms with Gasteiger partial charge in [-0.05, 0) is 195 Å². The molecule has 0 aliphatic carbocycles. The number of sulfone groups is 3. The lowest BCUT2D eigenvalue weighted by atomic mass is 9.35. The van der Waals surface area contributed by atoms with E-state index in [-0.39, 0.29) is 100 Å². The van der Waals surface area contributed by atoms with E-state index < -0.39 is 29.5 Å². The number of anilines is 9. The SMILES string of the molecule is O=C1c2ccccc2S(=O)(=O)c2ccc(-c3ccc(N4c5ccccc5B(c5ccccc5)c5ccccc54)cc3)cc21.O=C1c2ccccc2S(=O)(=O)c2ccc(-c3ccc4c(c3)B(c3ccccc3)c3ccccc3N4c3ccccc3)cc21.O=C1c2ccccc2S(=O)(=O)c2ccc(N3c4ccccc4B(c4ccccc4)c4ccccc43)cc21. The minimum Gasteiger partial charge on any atom is -0.312 e. The number of hydrogen-bond acceptors (Lipinski definition) is 12. The van der Waals surface area contributed by atoms with E-state index in [0.29, 0.717) is 0 Å². The van der Waals surface area contributed by atoms with Gasteiger partial charge in [0.25, 0.3) is 0 Å². The molecule has 0 N–H and O–H groups in total. The van der Waals surface area contributed by atoms with Gasteiger partial charge >= 0.3 is 0 Å². The van der Waals surface area contributed by atoms with Gasteiger partial charge in [0.2, 0.25) is 49.7 Å². The van der Waals surface area contributed by atoms with E-state index in [2.05, 4.69) is 227 Å². The molecule has 12 nitrogen and oxygen atoms in total. The Morgan fingerprint density at radius 1 is 0.179 bits per heavy atom. The zero-order valence-electron chi connectivity index (χ0n) is 65.7. The van der Waals surface area contributed by atoms with Crippen molar-refractivity contribution in [2.24, 2.45) is 0 Å². The molecule has 17 aromatic carbocycles. The lowest BCUT2D eigenvalue weighted by molar-refractivity contribution is 0.102. The highest BCUT2D eigenvalue weighted by Crippen LogP contribution is 2.45. The van der Waals surface area contributed by atoms with Crippen LogP contribution in [0.2, 0.25) is 0 Å². The van der Waals surface area contributed by atoms with Crippen molar-refractivity contribution in [2.45, 2.75) is 29.4 Å². The number of hydrogen-bond donors (Lipinski definition) is 0. The van der Waals surface area contributed by atoms with E-state index in [1.807, 2.05) is 78.9 Å². The van der Waals surface area contributed by atoms with Crippen LogP contribution in [0.1, 0.15) is 47.8 Å². The number of para-hydroxylation sites is 6. The molecular weight excluding hydrogens is 1580 g/mol. The molecule has 17 aromatic rings. The minimum absolute atomic E-state index is 0.0150. The molecule has 0 amide bonds. The Bertz CT molecular complexity index is 7510. The molecule has 123 heavy (non-hydrogen) atoms. The smallest absolute Gasteiger partial charge is 0.246 e. The van der Waals surface area contributed by atoms with Gasteiger partial charge in [-0.25, -0.2) is 25.3 Å². The molecule has 0 spiro atoms. The first kappa shape index (κ1) is 75.7. The van der Waals surface area contributed by atoms with Crippen LogP contribution in [0.3, 0.4) is 0 Å². The second-order valence-corrected chi connectivity index (χ2v) is 36.7. The fraction of sp³-hybridized carbons (Fsp3) is 0. The fourth-order valence-corrected chi connectivity index (χ4v) is 23.6. The summed E-state index contributed by atoms with van der Waals surface area (Å²) in [5.74, 6) is -0.817. The topological polar surface area (TPSA) is 163 Å². The van der Waals surface area contributed by atoms with Crippen LogP contribution in [0.15, 0.2) is 442 Å². The van der Waals surface area contributed by atoms with E-state index in [1.165, 1.54) is 51.0 Å². The molecule has 584 valence electrons. The normalized spacial score (nSPS) is 14.5. The molecular formula is C105H68B3N3O9S3. The van der Waals surface area contributed by atoms with Crippen molar-refractivity contribution in [3.8, 4) is 22.3 Å². The second-order valence-electron chi connectivity index (χ2n) is 31.1. The molecule has 6 aliphatic heterocycles. The quantitative estimate of drug-likeness (QED) is 0.133. The number of carbonyl (C=O) groups excluding carboxylic acids is 3. The van der Waals surface area contributed by atoms with Crippen LogP contribution in [-0.4, -0.2) is 62.7 Å². The van der Waals surface area contributed by atoms with Gasteiger partial charge in [0.15, 0.2) is 17.3 Å². The van der Waals surface area contributed by atoms with Crippen molar-refractivity contribution >= 4 is 167 Å². The maximum atomic E-state index is 13.5. The predicted octanol–water partition coefficient (Wildman–Crippen LogP) is 16.4. The Kier molecular flexibility index (Phi) is 18.6. The summed E-state index contributed by atoms with van der Waals surface area (Å²) < 4.78 is 80.1. The lowest BCUT2D eigenvalue weighted by Gasteiger charge is -2.37. The largest absolute Gasteiger partial charge is 0.312 e. The monoisotopic (exact) mass is 1640 g/mol. The predicted molar refractivity (Wildman–Crippen MR) is 494 cm³/mol. The van der Waals surface area contributed by atoms with Crippen LogP contribution in [0.25, 0.3) is 22.3 Å². The Labute approximate surface area is 714 Å². The van der Waals surface area contributed by atoms with Crippen molar-refractivity contribution < 1.29 is 39.6 Å². The molecule has 6 heterocycles. The van der Waals surface area contributed by atoms with Crippen molar-refractivity contribution in [3.05, 3.63) is 446 Å². The minimum atomic E-state index is -3.79. The van der Waals surface area contributed by atoms with Crippen LogP contribution in [0.4, 0.5) is 51.2 Å². The van der Waals surface area contributed by atoms with Gasteiger partial charge in [0, 0.05) is 84.6 Å². The number of ketones is 3. The van der Waals surface area contributed by atoms with Crippen LogP contribution in [-0.2, 0) is 29.5 Å². The summed E-state index contributed by atoms with van der Waals surface area (Å²) in [7, 11) is -11.3. The van der Waals surface area contributed by atoms with Crippen LogP contribution < -0.4 is 63.9 Å². The van der Waals surface area contributed by atoms with Gasteiger partial charge in [-0.2, -0.15) is 0 Å². The third-order valence-electron chi connectivity index (χ3n) is 24.3. The van der Waals surface area contributed by atoms with Crippen molar-refractivity contribution in [1.82, 2.24) is 0 Å². The van der Waals surface area contributed by atoms with Crippen molar-refractivity contribution in [3.63, 3.8) is 0 Å². The molecule has 0 unspecified atom stereocenters. The number of benzene rings is 17. The fourth-order valence-electron chi connectivity index (χ4n) is 18.7. The van der Waals surface area contributed by atoms with Crippen LogP contribution >= 0.6 is 0 Å². The molecule has 18 heteroatoms. The number of fused-ring (bicyclic) bond motifs is 12. The molecule has 0 atom stereocenters. The van der Waals surface area contributed by atoms with Crippen molar-refractivity contribution in [2.75, 3.05) is 14.7 Å². The number of carbonyl (C=O) groups is 3. The van der Waals surface area contributed by atoms with Gasteiger partial charge in [0.1, 0.15) is 0 Å². The van der Waals surface area contributed by atoms with E-state index >= 15 is 0 Å². The molecule has 0 radical (unpaired) electrons. The van der Waals surface area contributed by atoms with E-state index in [0.717, 1.165) is 89.8 Å². The number of nitrogens with zero attached hydrogens (tertiary/aromatic N) is 3. The Morgan fingerprint density at radius 3 is 0.805 bits per heavy atom. The maximum absolute atomic E-state index is 13.5. The number of rotatable bonds is 8. The lowest BCUT2D eigenvalue weighted by Crippen LogP contribution is -2.57. The third kappa shape index (κ3) is 12.6. The summed E-state index contributed by atoms with van der Waals surface area (Å²) in [4.78, 5) is 47.4. The van der Waals surface area contributed by atoms with Crippen LogP contribution in [0, 0.1) is 0 Å². The average Bonchev–Trinajstić information content (AvgIpc) is 0.673. The average molecular weight is 1640 g/mol. The summed E-state index contributed by atoms with van der Waals surface area (Å²) in [6, 6.07) is 133. The first-order valence-corrected chi connectivity index (χ1v) is 44.9. The Hall–Kier alpha value is -14.8. The second kappa shape index (κ2) is 30.2. The summed E-state index contributed by atoms with van der Waals surface area (Å²) in [5, 5.41) is 0. The Balaban J connectivity index is 0.000000114. The summed E-state index contributed by atoms with van der Waals surface area (Å²) in [5.41, 5.74) is 24.7. The third-order valence-corrected chi connectivity index (χ3v) is 29.9. The molecule has 23 rings (SSSR count). The Morgan fingerprint density at radius 2 is 0.423 bits per heavy atom. The first-order valence-electron chi connectivity index (χ1n) is 40.5. The maximum Gasteiger partial charge on any atom is 0.246 e. The molecule has 0 saturated carbocycles. The van der Waals surface area contributed by atoms with Crippen molar-refractivity contribution in [1.29, 1.82) is 0 Å². The van der Waals surface area contributed by atoms with E-state index in [4.69, 9.17) is 0 Å². The molecule has 0 aromatic heterocycles. The zero-order valence-corrected chi connectivity index (χ0v) is 68.2. The first-order chi connectivity index (χ1) is 60.1. The highest BCUT2D eigenvalue weighted by atomic mass is 32.2. The van der Waals surface area contributed by atoms with Gasteiger partial charge in [-0.1, -0.05) is 289 Å². The van der Waals surface area contributed by atoms with Gasteiger partial charge in [-0.15, -0.1) is 0 Å². The summed E-state index contributed by atoms with van der Waals surface area (Å²) in [6.45, 7) is 0.161. The molecule has 6 aliphatic rings. The van der Waals surface area contributed by atoms with Gasteiger partial charge in [-0.3, -0.25) is 14.4 Å². The van der Waals surface area contributed by atoms with Crippen LogP contribution in [0.5, 0.6) is 0 Å². The standard InChI is InChI=1S/2C37H24BNO3S.C31H20BNO3S/c40-37-29-15-7-10-18-35(29)43(41,42)36-22-20-25(23-30(36)37)26-19-21-34-32(24-26)38(27-11-3-1-4-12-27)31-16-8-9-17-33(31)39(34)28-13-5-2-6-14-28;40-37-29-12-4-9-17-35(29)43(41,42)36-23-20-26(24-30(36)37)25-18-21-28(22-19-25)39-33-15-7-5-13-31(33)38(27-10-2-1-3-11-27)32-14-6-8-16-34(32)39;34-31-23-12-4-9-17-29(23)37(35,36)30-19-18-22(20-24(30)31)33-27-15-7-5-13-25(27)32(21-10-2-1-3-11-21)26-14-6-8-16-28(26)33/h2*1-24H;1-20H. The summed E-state index contributed by atoms with van der Waals surface area (Å²) in [6.07, 6.45) is 0. The van der Waals surface area contributed by atoms with E-state index in [1.54, 1.807) is 103 Å². The highest BCUT2D eigenvalue weighted by molar-refractivity contribution is 7.92. The molecule has 0 bridgehead atoms.